The molecule has 0 heterocycles. The Balaban J connectivity index is 1.18. The summed E-state index contributed by atoms with van der Waals surface area (Å²) in [5, 5.41) is 0. The second kappa shape index (κ2) is 12.0. The lowest BCUT2D eigenvalue weighted by Gasteiger charge is -2.32. The minimum atomic E-state index is -0.125. The molecule has 0 aromatic heterocycles. The van der Waals surface area contributed by atoms with E-state index in [4.69, 9.17) is 0 Å². The molecule has 2 aromatic rings. The van der Waals surface area contributed by atoms with Crippen LogP contribution in [-0.4, -0.2) is 6.67 Å². The Bertz CT molecular complexity index is 774. The van der Waals surface area contributed by atoms with E-state index in [9.17, 15) is 4.39 Å². The zero-order valence-corrected chi connectivity index (χ0v) is 20.2. The van der Waals surface area contributed by atoms with E-state index in [1.165, 1.54) is 80.9 Å². The van der Waals surface area contributed by atoms with Gasteiger partial charge in [0.25, 0.3) is 0 Å². The fraction of sp³-hybridized carbons (Fsp3) is 0.613. The molecule has 2 aromatic carbocycles. The van der Waals surface area contributed by atoms with Gasteiger partial charge in [0.15, 0.2) is 0 Å². The maximum Gasteiger partial charge on any atom is 0.0894 e. The van der Waals surface area contributed by atoms with Gasteiger partial charge in [0.2, 0.25) is 0 Å². The van der Waals surface area contributed by atoms with Crippen LogP contribution >= 0.6 is 0 Å². The molecule has 2 fully saturated rings. The molecular formula is C31H43F. The van der Waals surface area contributed by atoms with Crippen molar-refractivity contribution in [3.8, 4) is 11.1 Å². The molecule has 0 radical (unpaired) electrons. The molecule has 174 valence electrons. The van der Waals surface area contributed by atoms with Crippen LogP contribution in [0.25, 0.3) is 11.1 Å². The summed E-state index contributed by atoms with van der Waals surface area (Å²) in [5.74, 6) is 3.48. The molecule has 0 nitrogen and oxygen atoms in total. The number of halogens is 1. The first kappa shape index (κ1) is 23.5. The number of hydrogen-bond donors (Lipinski definition) is 0. The largest absolute Gasteiger partial charge is 0.251 e. The van der Waals surface area contributed by atoms with Crippen molar-refractivity contribution >= 4 is 0 Å². The van der Waals surface area contributed by atoms with Crippen molar-refractivity contribution in [3.05, 3.63) is 59.7 Å². The minimum Gasteiger partial charge on any atom is -0.251 e. The predicted octanol–water partition coefficient (Wildman–Crippen LogP) is 9.53. The van der Waals surface area contributed by atoms with Gasteiger partial charge in [-0.05, 0) is 90.9 Å². The fourth-order valence-corrected chi connectivity index (χ4v) is 6.31. The van der Waals surface area contributed by atoms with Crippen molar-refractivity contribution in [2.75, 3.05) is 6.67 Å². The van der Waals surface area contributed by atoms with Gasteiger partial charge in [-0.2, -0.15) is 0 Å². The third kappa shape index (κ3) is 6.46. The maximum absolute atomic E-state index is 12.4. The summed E-state index contributed by atoms with van der Waals surface area (Å²) in [6.07, 6.45) is 17.0. The van der Waals surface area contributed by atoms with E-state index in [2.05, 4.69) is 55.5 Å². The molecule has 2 saturated carbocycles. The van der Waals surface area contributed by atoms with E-state index >= 15 is 0 Å². The highest BCUT2D eigenvalue weighted by atomic mass is 19.1. The fourth-order valence-electron chi connectivity index (χ4n) is 6.31. The van der Waals surface area contributed by atoms with E-state index in [1.54, 1.807) is 5.56 Å². The molecule has 0 spiro atoms. The van der Waals surface area contributed by atoms with Crippen molar-refractivity contribution in [2.45, 2.75) is 96.3 Å². The molecule has 32 heavy (non-hydrogen) atoms. The van der Waals surface area contributed by atoms with Crippen molar-refractivity contribution in [2.24, 2.45) is 17.8 Å². The summed E-state index contributed by atoms with van der Waals surface area (Å²) in [4.78, 5) is 0. The minimum absolute atomic E-state index is 0.125. The Morgan fingerprint density at radius 1 is 0.625 bits per heavy atom. The van der Waals surface area contributed by atoms with E-state index in [0.717, 1.165) is 42.9 Å². The summed E-state index contributed by atoms with van der Waals surface area (Å²) in [7, 11) is 0. The van der Waals surface area contributed by atoms with Crippen LogP contribution < -0.4 is 0 Å². The molecule has 1 heteroatoms. The van der Waals surface area contributed by atoms with Gasteiger partial charge in [-0.15, -0.1) is 0 Å². The Kier molecular flexibility index (Phi) is 8.83. The molecule has 0 saturated heterocycles. The first-order chi connectivity index (χ1) is 15.7. The summed E-state index contributed by atoms with van der Waals surface area (Å²) in [5.41, 5.74) is 5.62. The van der Waals surface area contributed by atoms with Crippen LogP contribution in [0.2, 0.25) is 0 Å². The molecule has 0 amide bonds. The molecule has 0 unspecified atom stereocenters. The number of alkyl halides is 1. The van der Waals surface area contributed by atoms with Gasteiger partial charge in [0.05, 0.1) is 6.67 Å². The summed E-state index contributed by atoms with van der Waals surface area (Å²) in [6, 6.07) is 18.4. The average Bonchev–Trinajstić information content (AvgIpc) is 2.87. The van der Waals surface area contributed by atoms with Crippen LogP contribution in [0.4, 0.5) is 4.39 Å². The first-order valence-corrected chi connectivity index (χ1v) is 13.5. The highest BCUT2D eigenvalue weighted by molar-refractivity contribution is 5.64. The zero-order valence-electron chi connectivity index (χ0n) is 20.2. The van der Waals surface area contributed by atoms with Crippen molar-refractivity contribution < 1.29 is 4.39 Å². The van der Waals surface area contributed by atoms with Crippen LogP contribution in [-0.2, 0) is 6.42 Å². The maximum atomic E-state index is 12.4. The van der Waals surface area contributed by atoms with E-state index in [-0.39, 0.29) is 6.67 Å². The average molecular weight is 435 g/mol. The van der Waals surface area contributed by atoms with Gasteiger partial charge in [0.1, 0.15) is 0 Å². The lowest BCUT2D eigenvalue weighted by Crippen LogP contribution is -2.18. The second-order valence-corrected chi connectivity index (χ2v) is 10.7. The Labute approximate surface area is 196 Å². The monoisotopic (exact) mass is 434 g/mol. The van der Waals surface area contributed by atoms with Gasteiger partial charge in [0, 0.05) is 0 Å². The topological polar surface area (TPSA) is 0 Å². The molecule has 2 aliphatic rings. The summed E-state index contributed by atoms with van der Waals surface area (Å²) >= 11 is 0. The standard InChI is InChI=1S/C31H43F/c1-2-24-11-15-28(16-12-24)30-19-21-31(22-20-30)29-17-13-27(14-18-29)10-9-26-7-5-25(6-8-26)4-3-23-32/h11-12,15-16,19-22,25-27,29H,2-10,13-14,17-18,23H2,1H3/t25-,26-,27?,29?. The molecular weight excluding hydrogens is 391 g/mol. The molecule has 0 aliphatic heterocycles. The lowest BCUT2D eigenvalue weighted by atomic mass is 9.74. The van der Waals surface area contributed by atoms with E-state index < -0.39 is 0 Å². The third-order valence-corrected chi connectivity index (χ3v) is 8.62. The second-order valence-electron chi connectivity index (χ2n) is 10.7. The van der Waals surface area contributed by atoms with Crippen LogP contribution in [0.3, 0.4) is 0 Å². The summed E-state index contributed by atoms with van der Waals surface area (Å²) in [6.45, 7) is 2.08. The van der Waals surface area contributed by atoms with Crippen LogP contribution in [0.1, 0.15) is 101 Å². The molecule has 0 bridgehead atoms. The molecule has 2 aliphatic carbocycles. The molecule has 0 N–H and O–H groups in total. The van der Waals surface area contributed by atoms with Gasteiger partial charge < -0.3 is 0 Å². The number of hydrogen-bond acceptors (Lipinski definition) is 0. The van der Waals surface area contributed by atoms with Crippen molar-refractivity contribution in [3.63, 3.8) is 0 Å². The smallest absolute Gasteiger partial charge is 0.0894 e. The van der Waals surface area contributed by atoms with Crippen molar-refractivity contribution in [1.29, 1.82) is 0 Å². The number of benzene rings is 2. The SMILES string of the molecule is CCc1ccc(-c2ccc(C3CCC(CC[C@H]4CC[C@H](CCCF)CC4)CC3)cc2)cc1. The normalized spacial score (nSPS) is 26.2. The van der Waals surface area contributed by atoms with E-state index in [1.807, 2.05) is 0 Å². The predicted molar refractivity (Wildman–Crippen MR) is 136 cm³/mol. The van der Waals surface area contributed by atoms with Crippen LogP contribution in [0.5, 0.6) is 0 Å². The first-order valence-electron chi connectivity index (χ1n) is 13.5. The lowest BCUT2D eigenvalue weighted by molar-refractivity contribution is 0.220. The third-order valence-electron chi connectivity index (χ3n) is 8.62. The van der Waals surface area contributed by atoms with Crippen molar-refractivity contribution in [1.82, 2.24) is 0 Å². The Morgan fingerprint density at radius 3 is 1.59 bits per heavy atom. The Morgan fingerprint density at radius 2 is 1.09 bits per heavy atom. The highest BCUT2D eigenvalue weighted by Gasteiger charge is 2.25. The van der Waals surface area contributed by atoms with Crippen LogP contribution in [0, 0.1) is 17.8 Å². The quantitative estimate of drug-likeness (QED) is 0.368. The number of rotatable bonds is 9. The van der Waals surface area contributed by atoms with Gasteiger partial charge in [-0.25, -0.2) is 0 Å². The van der Waals surface area contributed by atoms with Gasteiger partial charge in [-0.1, -0.05) is 94.0 Å². The molecule has 0 atom stereocenters. The van der Waals surface area contributed by atoms with Crippen LogP contribution in [0.15, 0.2) is 48.5 Å². The zero-order chi connectivity index (χ0) is 22.2. The summed E-state index contributed by atoms with van der Waals surface area (Å²) < 4.78 is 12.4. The van der Waals surface area contributed by atoms with E-state index in [0.29, 0.717) is 0 Å². The Hall–Kier alpha value is -1.63. The van der Waals surface area contributed by atoms with Gasteiger partial charge in [-0.3, -0.25) is 4.39 Å². The van der Waals surface area contributed by atoms with Gasteiger partial charge >= 0.3 is 0 Å². The molecule has 4 rings (SSSR count). The number of aryl methyl sites for hydroxylation is 1. The highest BCUT2D eigenvalue weighted by Crippen LogP contribution is 2.40.